The van der Waals surface area contributed by atoms with E-state index in [1.807, 2.05) is 6.07 Å². The molecule has 2 aromatic rings. The minimum atomic E-state index is -1.14. The molecule has 1 N–H and O–H groups in total. The number of benzene rings is 2. The van der Waals surface area contributed by atoms with E-state index in [0.717, 1.165) is 6.07 Å². The van der Waals surface area contributed by atoms with E-state index in [-0.39, 0.29) is 23.7 Å². The van der Waals surface area contributed by atoms with Gasteiger partial charge in [-0.2, -0.15) is 9.65 Å². The van der Waals surface area contributed by atoms with Crippen LogP contribution < -0.4 is 4.74 Å². The molecule has 0 aliphatic heterocycles. The minimum absolute atomic E-state index is 0.0844. The van der Waals surface area contributed by atoms with Crippen LogP contribution in [0.3, 0.4) is 0 Å². The van der Waals surface area contributed by atoms with Crippen molar-refractivity contribution >= 4 is 15.9 Å². The zero-order valence-corrected chi connectivity index (χ0v) is 11.6. The summed E-state index contributed by atoms with van der Waals surface area (Å²) in [5.74, 6) is -2.44. The molecule has 0 fully saturated rings. The van der Waals surface area contributed by atoms with Gasteiger partial charge in [0.15, 0.2) is 11.6 Å². The second-order valence-electron chi connectivity index (χ2n) is 3.90. The van der Waals surface area contributed by atoms with Gasteiger partial charge in [0.2, 0.25) is 5.82 Å². The highest BCUT2D eigenvalue weighted by Gasteiger charge is 2.14. The smallest absolute Gasteiger partial charge is 0.201 e. The Labute approximate surface area is 122 Å². The monoisotopic (exact) mass is 339 g/mol. The first kappa shape index (κ1) is 14.4. The Balaban J connectivity index is 2.43. The lowest BCUT2D eigenvalue weighted by atomic mass is 10.1. The molecule has 0 heterocycles. The second kappa shape index (κ2) is 5.99. The summed E-state index contributed by atoms with van der Waals surface area (Å²) in [4.78, 5) is 0. The van der Waals surface area contributed by atoms with Crippen molar-refractivity contribution < 1.29 is 18.6 Å². The van der Waals surface area contributed by atoms with E-state index in [0.29, 0.717) is 10.0 Å². The van der Waals surface area contributed by atoms with Crippen LogP contribution in [0.4, 0.5) is 8.78 Å². The molecule has 0 unspecified atom stereocenters. The highest BCUT2D eigenvalue weighted by molar-refractivity contribution is 9.10. The Morgan fingerprint density at radius 3 is 2.60 bits per heavy atom. The number of hydrogen-bond acceptors (Lipinski definition) is 3. The molecule has 2 rings (SSSR count). The molecular weight excluding hydrogens is 332 g/mol. The van der Waals surface area contributed by atoms with Gasteiger partial charge in [-0.1, -0.05) is 22.0 Å². The second-order valence-corrected chi connectivity index (χ2v) is 4.82. The van der Waals surface area contributed by atoms with E-state index in [4.69, 9.17) is 15.1 Å². The molecule has 3 nitrogen and oxygen atoms in total. The fourth-order valence-electron chi connectivity index (χ4n) is 1.58. The minimum Gasteiger partial charge on any atom is -0.453 e. The third-order valence-electron chi connectivity index (χ3n) is 2.53. The van der Waals surface area contributed by atoms with Crippen molar-refractivity contribution in [2.24, 2.45) is 0 Å². The number of aliphatic hydroxyl groups is 1. The molecule has 0 aliphatic rings. The van der Waals surface area contributed by atoms with Crippen molar-refractivity contribution in [2.75, 3.05) is 0 Å². The van der Waals surface area contributed by atoms with E-state index >= 15 is 0 Å². The third kappa shape index (κ3) is 2.95. The summed E-state index contributed by atoms with van der Waals surface area (Å²) >= 11 is 3.03. The summed E-state index contributed by atoms with van der Waals surface area (Å²) in [5.41, 5.74) is 0.645. The lowest BCUT2D eigenvalue weighted by molar-refractivity contribution is 0.281. The van der Waals surface area contributed by atoms with Crippen LogP contribution in [0.5, 0.6) is 11.5 Å². The van der Waals surface area contributed by atoms with Gasteiger partial charge in [-0.3, -0.25) is 0 Å². The molecule has 0 aromatic heterocycles. The quantitative estimate of drug-likeness (QED) is 0.863. The van der Waals surface area contributed by atoms with Crippen LogP contribution in [0, 0.1) is 23.0 Å². The van der Waals surface area contributed by atoms with Crippen molar-refractivity contribution in [1.82, 2.24) is 0 Å². The largest absolute Gasteiger partial charge is 0.453 e. The molecule has 102 valence electrons. The van der Waals surface area contributed by atoms with Crippen LogP contribution in [0.25, 0.3) is 0 Å². The van der Waals surface area contributed by atoms with Gasteiger partial charge in [-0.25, -0.2) is 4.39 Å². The van der Waals surface area contributed by atoms with Crippen molar-refractivity contribution in [2.45, 2.75) is 6.61 Å². The Hall–Kier alpha value is -1.97. The highest BCUT2D eigenvalue weighted by Crippen LogP contribution is 2.31. The fraction of sp³-hybridized carbons (Fsp3) is 0.0714. The van der Waals surface area contributed by atoms with Crippen molar-refractivity contribution in [3.63, 3.8) is 0 Å². The van der Waals surface area contributed by atoms with E-state index < -0.39 is 11.6 Å². The van der Waals surface area contributed by atoms with E-state index in [1.54, 1.807) is 0 Å². The topological polar surface area (TPSA) is 53.2 Å². The van der Waals surface area contributed by atoms with Crippen LogP contribution in [-0.2, 0) is 6.61 Å². The SMILES string of the molecule is N#Cc1cc(CO)ccc1Oc1cc(Br)cc(F)c1F. The number of nitrogens with zero attached hydrogens (tertiary/aromatic N) is 1. The maximum atomic E-state index is 13.6. The zero-order chi connectivity index (χ0) is 14.7. The van der Waals surface area contributed by atoms with Crippen LogP contribution >= 0.6 is 15.9 Å². The molecule has 0 amide bonds. The maximum absolute atomic E-state index is 13.6. The number of nitriles is 1. The normalized spacial score (nSPS) is 10.2. The molecule has 2 aromatic carbocycles. The van der Waals surface area contributed by atoms with E-state index in [9.17, 15) is 8.78 Å². The summed E-state index contributed by atoms with van der Waals surface area (Å²) in [7, 11) is 0. The van der Waals surface area contributed by atoms with Gasteiger partial charge in [0.1, 0.15) is 11.8 Å². The highest BCUT2D eigenvalue weighted by atomic mass is 79.9. The first-order valence-electron chi connectivity index (χ1n) is 5.51. The van der Waals surface area contributed by atoms with Gasteiger partial charge in [-0.05, 0) is 29.8 Å². The van der Waals surface area contributed by atoms with Gasteiger partial charge in [0.25, 0.3) is 0 Å². The van der Waals surface area contributed by atoms with Gasteiger partial charge in [-0.15, -0.1) is 0 Å². The average molecular weight is 340 g/mol. The van der Waals surface area contributed by atoms with Crippen molar-refractivity contribution in [3.8, 4) is 17.6 Å². The molecule has 0 saturated carbocycles. The first-order chi connectivity index (χ1) is 9.55. The Morgan fingerprint density at radius 2 is 1.95 bits per heavy atom. The molecule has 6 heteroatoms. The Bertz CT molecular complexity index is 698. The predicted octanol–water partition coefficient (Wildman–Crippen LogP) is 3.88. The first-order valence-corrected chi connectivity index (χ1v) is 6.30. The molecule has 0 atom stereocenters. The Morgan fingerprint density at radius 1 is 1.20 bits per heavy atom. The van der Waals surface area contributed by atoms with Crippen LogP contribution in [0.15, 0.2) is 34.8 Å². The molecule has 0 spiro atoms. The third-order valence-corrected chi connectivity index (χ3v) is 2.98. The summed E-state index contributed by atoms with van der Waals surface area (Å²) in [6.45, 7) is -0.227. The van der Waals surface area contributed by atoms with Crippen LogP contribution in [0.2, 0.25) is 0 Å². The van der Waals surface area contributed by atoms with Gasteiger partial charge in [0.05, 0.1) is 12.2 Å². The molecular formula is C14H8BrF2NO2. The lowest BCUT2D eigenvalue weighted by Gasteiger charge is -2.10. The number of ether oxygens (including phenoxy) is 1. The van der Waals surface area contributed by atoms with Gasteiger partial charge < -0.3 is 9.84 Å². The molecule has 0 saturated heterocycles. The van der Waals surface area contributed by atoms with Gasteiger partial charge >= 0.3 is 0 Å². The summed E-state index contributed by atoms with van der Waals surface area (Å²) in [5, 5.41) is 18.0. The van der Waals surface area contributed by atoms with Gasteiger partial charge in [0, 0.05) is 4.47 Å². The number of halogens is 3. The van der Waals surface area contributed by atoms with E-state index in [1.165, 1.54) is 24.3 Å². The van der Waals surface area contributed by atoms with Crippen LogP contribution in [-0.4, -0.2) is 5.11 Å². The standard InChI is InChI=1S/C14H8BrF2NO2/c15-10-4-11(16)14(17)13(5-10)20-12-2-1-8(7-19)3-9(12)6-18/h1-5,19H,7H2. The lowest BCUT2D eigenvalue weighted by Crippen LogP contribution is -1.95. The maximum Gasteiger partial charge on any atom is 0.201 e. The fourth-order valence-corrected chi connectivity index (χ4v) is 1.99. The van der Waals surface area contributed by atoms with Crippen molar-refractivity contribution in [1.29, 1.82) is 5.26 Å². The number of hydrogen-bond donors (Lipinski definition) is 1. The molecule has 20 heavy (non-hydrogen) atoms. The number of aliphatic hydroxyl groups excluding tert-OH is 1. The summed E-state index contributed by atoms with van der Waals surface area (Å²) in [6.07, 6.45) is 0. The van der Waals surface area contributed by atoms with Crippen molar-refractivity contribution in [3.05, 3.63) is 57.6 Å². The molecule has 0 bridgehead atoms. The Kier molecular flexibility index (Phi) is 4.32. The molecule has 0 aliphatic carbocycles. The summed E-state index contributed by atoms with van der Waals surface area (Å²) < 4.78 is 32.4. The number of rotatable bonds is 3. The van der Waals surface area contributed by atoms with E-state index in [2.05, 4.69) is 15.9 Å². The predicted molar refractivity (Wildman–Crippen MR) is 71.2 cm³/mol. The summed E-state index contributed by atoms with van der Waals surface area (Å²) in [6, 6.07) is 8.48. The zero-order valence-electron chi connectivity index (χ0n) is 10.0. The molecule has 0 radical (unpaired) electrons. The average Bonchev–Trinajstić information content (AvgIpc) is 2.44. The van der Waals surface area contributed by atoms with Crippen LogP contribution in [0.1, 0.15) is 11.1 Å².